The average molecular weight is 200 g/mol. The van der Waals surface area contributed by atoms with E-state index in [2.05, 4.69) is 30.4 Å². The summed E-state index contributed by atoms with van der Waals surface area (Å²) in [5, 5.41) is 0. The number of carbonyl (C=O) groups excluding carboxylic acids is 1. The van der Waals surface area contributed by atoms with Gasteiger partial charge in [-0.25, -0.2) is 0 Å². The molecule has 3 aliphatic carbocycles. The number of rotatable bonds is 0. The van der Waals surface area contributed by atoms with Gasteiger partial charge in [0.05, 0.1) is 5.41 Å². The molecule has 2 bridgehead atoms. The third kappa shape index (κ3) is 1.19. The van der Waals surface area contributed by atoms with E-state index in [4.69, 9.17) is 0 Å². The maximum Gasteiger partial charge on any atom is 0.150 e. The smallest absolute Gasteiger partial charge is 0.150 e. The fraction of sp³-hybridized carbons (Fsp3) is 0.500. The average Bonchev–Trinajstić information content (AvgIpc) is 2.54. The molecule has 0 aromatic heterocycles. The highest BCUT2D eigenvalue weighted by atomic mass is 16.1. The van der Waals surface area contributed by atoms with Gasteiger partial charge in [-0.15, -0.1) is 0 Å². The van der Waals surface area contributed by atoms with Gasteiger partial charge in [-0.05, 0) is 25.2 Å². The molecule has 78 valence electrons. The van der Waals surface area contributed by atoms with Crippen molar-refractivity contribution in [3.63, 3.8) is 0 Å². The van der Waals surface area contributed by atoms with Crippen molar-refractivity contribution in [2.24, 2.45) is 17.3 Å². The largest absolute Gasteiger partial charge is 0.298 e. The number of ketones is 1. The minimum atomic E-state index is -0.152. The lowest BCUT2D eigenvalue weighted by molar-refractivity contribution is -0.129. The second kappa shape index (κ2) is 3.19. The summed E-state index contributed by atoms with van der Waals surface area (Å²) in [4.78, 5) is 12.5. The first kappa shape index (κ1) is 9.14. The predicted octanol–water partition coefficient (Wildman–Crippen LogP) is 3.04. The number of hydrogen-bond donors (Lipinski definition) is 0. The monoisotopic (exact) mass is 200 g/mol. The summed E-state index contributed by atoms with van der Waals surface area (Å²) < 4.78 is 0. The van der Waals surface area contributed by atoms with Crippen molar-refractivity contribution in [2.45, 2.75) is 25.7 Å². The number of fused-ring (bicyclic) bond motifs is 1. The molecule has 0 radical (unpaired) electrons. The molecule has 3 aliphatic rings. The summed E-state index contributed by atoms with van der Waals surface area (Å²) in [6.07, 6.45) is 17.2. The normalized spacial score (nSPS) is 42.5. The molecule has 0 N–H and O–H groups in total. The Balaban J connectivity index is 2.14. The molecule has 0 aliphatic heterocycles. The second-order valence-corrected chi connectivity index (χ2v) is 4.92. The molecule has 0 aromatic rings. The van der Waals surface area contributed by atoms with Gasteiger partial charge in [0.15, 0.2) is 5.78 Å². The summed E-state index contributed by atoms with van der Waals surface area (Å²) in [7, 11) is 0. The van der Waals surface area contributed by atoms with Crippen LogP contribution in [0.25, 0.3) is 0 Å². The topological polar surface area (TPSA) is 17.1 Å². The molecule has 1 fully saturated rings. The lowest BCUT2D eigenvalue weighted by Crippen LogP contribution is -2.34. The molecule has 0 saturated heterocycles. The Morgan fingerprint density at radius 3 is 3.13 bits per heavy atom. The van der Waals surface area contributed by atoms with Gasteiger partial charge in [0.1, 0.15) is 0 Å². The van der Waals surface area contributed by atoms with Crippen LogP contribution < -0.4 is 0 Å². The van der Waals surface area contributed by atoms with Gasteiger partial charge in [-0.3, -0.25) is 4.79 Å². The quantitative estimate of drug-likeness (QED) is 0.549. The van der Waals surface area contributed by atoms with Crippen LogP contribution in [0.4, 0.5) is 0 Å². The van der Waals surface area contributed by atoms with Crippen molar-refractivity contribution >= 4 is 5.78 Å². The van der Waals surface area contributed by atoms with Crippen LogP contribution in [0, 0.1) is 17.3 Å². The summed E-state index contributed by atoms with van der Waals surface area (Å²) in [6, 6.07) is 0. The van der Waals surface area contributed by atoms with Crippen LogP contribution in [0.3, 0.4) is 0 Å². The van der Waals surface area contributed by atoms with Gasteiger partial charge in [-0.1, -0.05) is 42.9 Å². The zero-order valence-electron chi connectivity index (χ0n) is 8.86. The Hall–Kier alpha value is -1.11. The van der Waals surface area contributed by atoms with Crippen LogP contribution in [0.15, 0.2) is 36.5 Å². The van der Waals surface area contributed by atoms with Crippen LogP contribution >= 0.6 is 0 Å². The molecule has 3 rings (SSSR count). The van der Waals surface area contributed by atoms with Gasteiger partial charge in [0.25, 0.3) is 0 Å². The first-order chi connectivity index (χ1) is 7.33. The molecule has 0 heterocycles. The fourth-order valence-electron chi connectivity index (χ4n) is 3.35. The van der Waals surface area contributed by atoms with E-state index >= 15 is 0 Å². The summed E-state index contributed by atoms with van der Waals surface area (Å²) in [6.45, 7) is 0. The predicted molar refractivity (Wildman–Crippen MR) is 60.3 cm³/mol. The number of hydrogen-bond acceptors (Lipinski definition) is 1. The molecular formula is C14H16O. The lowest BCUT2D eigenvalue weighted by Gasteiger charge is -2.29. The molecule has 1 spiro atoms. The molecular weight excluding hydrogens is 184 g/mol. The van der Waals surface area contributed by atoms with Gasteiger partial charge in [0.2, 0.25) is 0 Å². The van der Waals surface area contributed by atoms with E-state index in [0.717, 1.165) is 12.8 Å². The van der Waals surface area contributed by atoms with Crippen LogP contribution in [-0.2, 0) is 4.79 Å². The van der Waals surface area contributed by atoms with Crippen LogP contribution in [0.1, 0.15) is 25.7 Å². The SMILES string of the molecule is O=C1[C@@H]2C=CC=C[C@]13CCC[C@H]3C=CC2. The number of Topliss-reactive ketones (excluding diaryl/α,β-unsaturated/α-hetero) is 1. The summed E-state index contributed by atoms with van der Waals surface area (Å²) >= 11 is 0. The van der Waals surface area contributed by atoms with E-state index < -0.39 is 0 Å². The second-order valence-electron chi connectivity index (χ2n) is 4.92. The molecule has 0 amide bonds. The van der Waals surface area contributed by atoms with E-state index in [1.54, 1.807) is 0 Å². The van der Waals surface area contributed by atoms with E-state index in [0.29, 0.717) is 11.7 Å². The summed E-state index contributed by atoms with van der Waals surface area (Å²) in [5.74, 6) is 1.05. The zero-order chi connectivity index (χ0) is 10.3. The van der Waals surface area contributed by atoms with Crippen LogP contribution in [0.5, 0.6) is 0 Å². The third-order valence-corrected chi connectivity index (χ3v) is 4.17. The highest BCUT2D eigenvalue weighted by Gasteiger charge is 2.48. The van der Waals surface area contributed by atoms with Gasteiger partial charge in [0, 0.05) is 5.92 Å². The minimum Gasteiger partial charge on any atom is -0.298 e. The van der Waals surface area contributed by atoms with Crippen molar-refractivity contribution in [3.05, 3.63) is 36.5 Å². The molecule has 3 atom stereocenters. The Morgan fingerprint density at radius 2 is 2.20 bits per heavy atom. The third-order valence-electron chi connectivity index (χ3n) is 4.17. The van der Waals surface area contributed by atoms with Gasteiger partial charge in [-0.2, -0.15) is 0 Å². The summed E-state index contributed by atoms with van der Waals surface area (Å²) in [5.41, 5.74) is -0.152. The van der Waals surface area contributed by atoms with Crippen molar-refractivity contribution in [1.29, 1.82) is 0 Å². The first-order valence-electron chi connectivity index (χ1n) is 5.90. The minimum absolute atomic E-state index is 0.124. The molecule has 15 heavy (non-hydrogen) atoms. The Labute approximate surface area is 90.6 Å². The highest BCUT2D eigenvalue weighted by molar-refractivity contribution is 5.92. The lowest BCUT2D eigenvalue weighted by atomic mass is 9.72. The van der Waals surface area contributed by atoms with Crippen molar-refractivity contribution < 1.29 is 4.79 Å². The van der Waals surface area contributed by atoms with Crippen LogP contribution in [0.2, 0.25) is 0 Å². The van der Waals surface area contributed by atoms with E-state index in [9.17, 15) is 4.79 Å². The first-order valence-corrected chi connectivity index (χ1v) is 5.90. The molecule has 0 aromatic carbocycles. The highest BCUT2D eigenvalue weighted by Crippen LogP contribution is 2.50. The van der Waals surface area contributed by atoms with Crippen LogP contribution in [-0.4, -0.2) is 5.78 Å². The van der Waals surface area contributed by atoms with Gasteiger partial charge < -0.3 is 0 Å². The maximum atomic E-state index is 12.5. The zero-order valence-corrected chi connectivity index (χ0v) is 8.86. The fourth-order valence-corrected chi connectivity index (χ4v) is 3.35. The molecule has 1 nitrogen and oxygen atoms in total. The van der Waals surface area contributed by atoms with Crippen molar-refractivity contribution in [1.82, 2.24) is 0 Å². The Bertz CT molecular complexity index is 375. The molecule has 1 saturated carbocycles. The van der Waals surface area contributed by atoms with Gasteiger partial charge >= 0.3 is 0 Å². The maximum absolute atomic E-state index is 12.5. The standard InChI is InChI=1S/C14H16O/c15-13-11-5-1-2-9-14(13)10-4-8-12(14)7-3-6-11/h1-3,5,7,9,11-12H,4,6,8,10H2/t11-,12-,14-/m1/s1. The molecule has 0 unspecified atom stereocenters. The van der Waals surface area contributed by atoms with E-state index in [1.807, 2.05) is 6.08 Å². The van der Waals surface area contributed by atoms with Crippen molar-refractivity contribution in [2.75, 3.05) is 0 Å². The van der Waals surface area contributed by atoms with E-state index in [1.165, 1.54) is 12.8 Å². The Morgan fingerprint density at radius 1 is 1.27 bits per heavy atom. The Kier molecular flexibility index (Phi) is 1.95. The van der Waals surface area contributed by atoms with E-state index in [-0.39, 0.29) is 11.3 Å². The van der Waals surface area contributed by atoms with Crippen molar-refractivity contribution in [3.8, 4) is 0 Å². The number of carbonyl (C=O) groups is 1. The molecule has 1 heteroatoms. The number of allylic oxidation sites excluding steroid dienone is 6.